The molecular formula is C15H20N4O. The molecule has 0 bridgehead atoms. The highest BCUT2D eigenvalue weighted by Gasteiger charge is 2.06. The summed E-state index contributed by atoms with van der Waals surface area (Å²) in [4.78, 5) is 20.4. The summed E-state index contributed by atoms with van der Waals surface area (Å²) in [6.45, 7) is 1.44. The molecule has 2 rings (SSSR count). The number of carbonyl (C=O) groups is 1. The fourth-order valence-corrected chi connectivity index (χ4v) is 2.03. The van der Waals surface area contributed by atoms with E-state index in [2.05, 4.69) is 15.3 Å². The second-order valence-electron chi connectivity index (χ2n) is 4.72. The number of hydrogen-bond donors (Lipinski definition) is 2. The molecule has 1 amide bonds. The van der Waals surface area contributed by atoms with Crippen molar-refractivity contribution in [2.75, 3.05) is 13.1 Å². The topological polar surface area (TPSA) is 80.9 Å². The van der Waals surface area contributed by atoms with E-state index in [4.69, 9.17) is 5.73 Å². The Hall–Kier alpha value is -2.01. The van der Waals surface area contributed by atoms with E-state index >= 15 is 0 Å². The monoisotopic (exact) mass is 272 g/mol. The summed E-state index contributed by atoms with van der Waals surface area (Å²) in [5, 5.41) is 2.92. The third-order valence-electron chi connectivity index (χ3n) is 3.15. The van der Waals surface area contributed by atoms with Gasteiger partial charge in [-0.2, -0.15) is 0 Å². The van der Waals surface area contributed by atoms with Crippen LogP contribution >= 0.6 is 0 Å². The van der Waals surface area contributed by atoms with Crippen LogP contribution in [0.1, 0.15) is 36.0 Å². The van der Waals surface area contributed by atoms with E-state index in [0.29, 0.717) is 12.1 Å². The molecule has 3 N–H and O–H groups in total. The van der Waals surface area contributed by atoms with Crippen molar-refractivity contribution in [3.8, 4) is 0 Å². The van der Waals surface area contributed by atoms with Crippen molar-refractivity contribution in [1.82, 2.24) is 15.3 Å². The summed E-state index contributed by atoms with van der Waals surface area (Å²) in [7, 11) is 0. The normalized spacial score (nSPS) is 10.7. The molecule has 0 aliphatic heterocycles. The van der Waals surface area contributed by atoms with Crippen LogP contribution in [0.15, 0.2) is 30.6 Å². The predicted octanol–water partition coefficient (Wildman–Crippen LogP) is 1.88. The van der Waals surface area contributed by atoms with Crippen LogP contribution in [0.5, 0.6) is 0 Å². The third-order valence-corrected chi connectivity index (χ3v) is 3.15. The van der Waals surface area contributed by atoms with Crippen LogP contribution < -0.4 is 11.1 Å². The number of amides is 1. The van der Waals surface area contributed by atoms with E-state index in [1.54, 1.807) is 24.5 Å². The number of aromatic nitrogens is 2. The lowest BCUT2D eigenvalue weighted by Crippen LogP contribution is -2.24. The molecule has 1 aromatic carbocycles. The number of fused-ring (bicyclic) bond motifs is 1. The molecule has 0 aliphatic carbocycles. The molecule has 1 aromatic heterocycles. The Morgan fingerprint density at radius 2 is 1.80 bits per heavy atom. The summed E-state index contributed by atoms with van der Waals surface area (Å²) < 4.78 is 0. The van der Waals surface area contributed by atoms with Crippen LogP contribution in [-0.4, -0.2) is 29.0 Å². The molecule has 20 heavy (non-hydrogen) atoms. The Morgan fingerprint density at radius 1 is 1.05 bits per heavy atom. The van der Waals surface area contributed by atoms with Crippen molar-refractivity contribution in [3.63, 3.8) is 0 Å². The highest BCUT2D eigenvalue weighted by atomic mass is 16.1. The molecule has 106 valence electrons. The fourth-order valence-electron chi connectivity index (χ4n) is 2.03. The third kappa shape index (κ3) is 3.99. The summed E-state index contributed by atoms with van der Waals surface area (Å²) in [5.41, 5.74) is 7.59. The summed E-state index contributed by atoms with van der Waals surface area (Å²) in [5.74, 6) is -0.0589. The average molecular weight is 272 g/mol. The Labute approximate surface area is 118 Å². The van der Waals surface area contributed by atoms with Crippen molar-refractivity contribution in [2.24, 2.45) is 5.73 Å². The van der Waals surface area contributed by atoms with Gasteiger partial charge in [0.15, 0.2) is 0 Å². The second kappa shape index (κ2) is 7.55. The van der Waals surface area contributed by atoms with Gasteiger partial charge in [0, 0.05) is 24.5 Å². The fraction of sp³-hybridized carbons (Fsp3) is 0.400. The van der Waals surface area contributed by atoms with Gasteiger partial charge >= 0.3 is 0 Å². The van der Waals surface area contributed by atoms with Crippen molar-refractivity contribution in [3.05, 3.63) is 36.2 Å². The quantitative estimate of drug-likeness (QED) is 0.754. The highest BCUT2D eigenvalue weighted by molar-refractivity contribution is 5.97. The van der Waals surface area contributed by atoms with Gasteiger partial charge in [-0.15, -0.1) is 0 Å². The number of nitrogens with zero attached hydrogens (tertiary/aromatic N) is 2. The van der Waals surface area contributed by atoms with Gasteiger partial charge in [0.1, 0.15) is 0 Å². The molecule has 1 heterocycles. The first kappa shape index (κ1) is 14.4. The molecule has 0 spiro atoms. The van der Waals surface area contributed by atoms with Gasteiger partial charge in [-0.05, 0) is 37.6 Å². The minimum Gasteiger partial charge on any atom is -0.352 e. The van der Waals surface area contributed by atoms with Gasteiger partial charge < -0.3 is 11.1 Å². The number of nitrogens with one attached hydrogen (secondary N) is 1. The van der Waals surface area contributed by atoms with E-state index < -0.39 is 0 Å². The molecule has 0 saturated carbocycles. The van der Waals surface area contributed by atoms with Crippen LogP contribution in [-0.2, 0) is 0 Å². The second-order valence-corrected chi connectivity index (χ2v) is 4.72. The average Bonchev–Trinajstić information content (AvgIpc) is 2.50. The van der Waals surface area contributed by atoms with E-state index in [9.17, 15) is 4.79 Å². The maximum atomic E-state index is 12.0. The maximum absolute atomic E-state index is 12.0. The van der Waals surface area contributed by atoms with E-state index in [1.807, 2.05) is 6.07 Å². The zero-order chi connectivity index (χ0) is 14.2. The predicted molar refractivity (Wildman–Crippen MR) is 79.4 cm³/mol. The molecule has 5 heteroatoms. The number of benzene rings is 1. The van der Waals surface area contributed by atoms with E-state index in [-0.39, 0.29) is 5.91 Å². The molecule has 2 aromatic rings. The summed E-state index contributed by atoms with van der Waals surface area (Å²) in [6, 6.07) is 5.37. The first-order valence-electron chi connectivity index (χ1n) is 7.00. The molecule has 5 nitrogen and oxygen atoms in total. The molecule has 0 atom stereocenters. The lowest BCUT2D eigenvalue weighted by molar-refractivity contribution is 0.0953. The van der Waals surface area contributed by atoms with Gasteiger partial charge in [-0.1, -0.05) is 12.8 Å². The number of hydrogen-bond acceptors (Lipinski definition) is 4. The van der Waals surface area contributed by atoms with E-state index in [1.165, 1.54) is 0 Å². The van der Waals surface area contributed by atoms with Gasteiger partial charge in [-0.25, -0.2) is 0 Å². The molecule has 0 unspecified atom stereocenters. The number of unbranched alkanes of at least 4 members (excludes halogenated alkanes) is 3. The first-order chi connectivity index (χ1) is 9.81. The molecular weight excluding hydrogens is 252 g/mol. The van der Waals surface area contributed by atoms with Crippen molar-refractivity contribution in [2.45, 2.75) is 25.7 Å². The van der Waals surface area contributed by atoms with Gasteiger partial charge in [0.25, 0.3) is 5.91 Å². The van der Waals surface area contributed by atoms with E-state index in [0.717, 1.165) is 43.3 Å². The number of nitrogens with two attached hydrogens (primary N) is 1. The van der Waals surface area contributed by atoms with Crippen LogP contribution in [0.4, 0.5) is 0 Å². The summed E-state index contributed by atoms with van der Waals surface area (Å²) >= 11 is 0. The molecule has 0 aliphatic rings. The lowest BCUT2D eigenvalue weighted by atomic mass is 10.1. The SMILES string of the molecule is NCCCCCCNC(=O)c1ccc2nccnc2c1. The minimum atomic E-state index is -0.0589. The zero-order valence-corrected chi connectivity index (χ0v) is 11.5. The van der Waals surface area contributed by atoms with Gasteiger partial charge in [0.05, 0.1) is 11.0 Å². The number of carbonyl (C=O) groups excluding carboxylic acids is 1. The molecule has 0 fully saturated rings. The molecule has 0 radical (unpaired) electrons. The summed E-state index contributed by atoms with van der Waals surface area (Å²) in [6.07, 6.45) is 7.53. The first-order valence-corrected chi connectivity index (χ1v) is 7.00. The highest BCUT2D eigenvalue weighted by Crippen LogP contribution is 2.10. The van der Waals surface area contributed by atoms with Crippen molar-refractivity contribution < 1.29 is 4.79 Å². The van der Waals surface area contributed by atoms with Crippen molar-refractivity contribution in [1.29, 1.82) is 0 Å². The smallest absolute Gasteiger partial charge is 0.251 e. The van der Waals surface area contributed by atoms with Crippen LogP contribution in [0.2, 0.25) is 0 Å². The Bertz CT molecular complexity index is 571. The van der Waals surface area contributed by atoms with Crippen molar-refractivity contribution >= 4 is 16.9 Å². The zero-order valence-electron chi connectivity index (χ0n) is 11.5. The van der Waals surface area contributed by atoms with Crippen LogP contribution in [0.3, 0.4) is 0 Å². The Morgan fingerprint density at radius 3 is 2.60 bits per heavy atom. The van der Waals surface area contributed by atoms with Crippen LogP contribution in [0, 0.1) is 0 Å². The largest absolute Gasteiger partial charge is 0.352 e. The molecule has 0 saturated heterocycles. The Balaban J connectivity index is 1.84. The lowest BCUT2D eigenvalue weighted by Gasteiger charge is -2.05. The Kier molecular flexibility index (Phi) is 5.43. The number of rotatable bonds is 7. The standard InChI is InChI=1S/C15H20N4O/c16-7-3-1-2-4-8-19-15(20)12-5-6-13-14(11-12)18-10-9-17-13/h5-6,9-11H,1-4,7-8,16H2,(H,19,20). The maximum Gasteiger partial charge on any atom is 0.251 e. The van der Waals surface area contributed by atoms with Gasteiger partial charge in [0.2, 0.25) is 0 Å². The van der Waals surface area contributed by atoms with Crippen LogP contribution in [0.25, 0.3) is 11.0 Å². The van der Waals surface area contributed by atoms with Gasteiger partial charge in [-0.3, -0.25) is 14.8 Å². The minimum absolute atomic E-state index is 0.0589.